The first-order valence-corrected chi connectivity index (χ1v) is 8.50. The van der Waals surface area contributed by atoms with Crippen LogP contribution in [0.5, 0.6) is 11.5 Å². The van der Waals surface area contributed by atoms with Gasteiger partial charge in [-0.05, 0) is 54.6 Å². The van der Waals surface area contributed by atoms with Gasteiger partial charge in [0.15, 0.2) is 0 Å². The smallest absolute Gasteiger partial charge is 0.310 e. The second kappa shape index (κ2) is 11.6. The predicted molar refractivity (Wildman–Crippen MR) is 102 cm³/mol. The van der Waals surface area contributed by atoms with E-state index in [-0.39, 0.29) is 0 Å². The van der Waals surface area contributed by atoms with E-state index in [0.29, 0.717) is 18.2 Å². The van der Waals surface area contributed by atoms with E-state index in [2.05, 4.69) is 23.9 Å². The van der Waals surface area contributed by atoms with E-state index in [0.717, 1.165) is 17.7 Å². The van der Waals surface area contributed by atoms with Crippen LogP contribution in [-0.2, 0) is 4.79 Å². The summed E-state index contributed by atoms with van der Waals surface area (Å²) >= 11 is 0. The minimum absolute atomic E-state index is 0.538. The molecule has 0 aliphatic carbocycles. The standard InChI is InChI=1S/C15H14O3.C5H11N3/c1-11(15(16)17)12-6-5-9-14(10-12)18-13-7-3-2-4-8-13;1-5(2)3-4-7-8-6/h2-11H,1H3,(H,16,17);5H,3-4H2,1-2H3. The molecule has 2 aromatic rings. The van der Waals surface area contributed by atoms with Crippen molar-refractivity contribution in [1.29, 1.82) is 0 Å². The SMILES string of the molecule is CC(C(=O)O)c1cccc(Oc2ccccc2)c1.CC(C)CCN=[N+]=[N-]. The summed E-state index contributed by atoms with van der Waals surface area (Å²) in [4.78, 5) is 13.6. The van der Waals surface area contributed by atoms with E-state index in [1.807, 2.05) is 36.4 Å². The molecule has 2 rings (SSSR count). The number of hydrogen-bond donors (Lipinski definition) is 1. The third-order valence-corrected chi connectivity index (χ3v) is 3.58. The van der Waals surface area contributed by atoms with Gasteiger partial charge in [0.25, 0.3) is 0 Å². The Hall–Kier alpha value is -2.98. The predicted octanol–water partition coefficient (Wildman–Crippen LogP) is 6.01. The molecule has 0 radical (unpaired) electrons. The molecule has 6 heteroatoms. The van der Waals surface area contributed by atoms with Gasteiger partial charge in [-0.25, -0.2) is 0 Å². The number of aliphatic carboxylic acids is 1. The summed E-state index contributed by atoms with van der Waals surface area (Å²) < 4.78 is 5.66. The normalized spacial score (nSPS) is 10.9. The number of benzene rings is 2. The van der Waals surface area contributed by atoms with Crippen molar-refractivity contribution in [1.82, 2.24) is 0 Å². The van der Waals surface area contributed by atoms with Crippen molar-refractivity contribution in [3.63, 3.8) is 0 Å². The van der Waals surface area contributed by atoms with E-state index >= 15 is 0 Å². The van der Waals surface area contributed by atoms with Crippen molar-refractivity contribution in [3.05, 3.63) is 70.6 Å². The van der Waals surface area contributed by atoms with Crippen LogP contribution < -0.4 is 4.74 Å². The average Bonchev–Trinajstić information content (AvgIpc) is 2.62. The van der Waals surface area contributed by atoms with E-state index in [4.69, 9.17) is 15.4 Å². The Kier molecular flexibility index (Phi) is 9.36. The third kappa shape index (κ3) is 8.22. The van der Waals surface area contributed by atoms with Gasteiger partial charge in [-0.1, -0.05) is 49.3 Å². The molecule has 0 spiro atoms. The Morgan fingerprint density at radius 1 is 1.12 bits per heavy atom. The highest BCUT2D eigenvalue weighted by Gasteiger charge is 2.13. The van der Waals surface area contributed by atoms with Crippen LogP contribution in [0.2, 0.25) is 0 Å². The molecular formula is C20H25N3O3. The zero-order chi connectivity index (χ0) is 19.4. The highest BCUT2D eigenvalue weighted by atomic mass is 16.5. The number of para-hydroxylation sites is 1. The van der Waals surface area contributed by atoms with Crippen LogP contribution in [0.4, 0.5) is 0 Å². The highest BCUT2D eigenvalue weighted by Crippen LogP contribution is 2.25. The van der Waals surface area contributed by atoms with Crippen LogP contribution >= 0.6 is 0 Å². The first-order chi connectivity index (χ1) is 12.4. The van der Waals surface area contributed by atoms with Crippen molar-refractivity contribution < 1.29 is 14.6 Å². The quantitative estimate of drug-likeness (QED) is 0.374. The fraction of sp³-hybridized carbons (Fsp3) is 0.350. The van der Waals surface area contributed by atoms with Gasteiger partial charge in [0.05, 0.1) is 5.92 Å². The number of carbonyl (C=O) groups is 1. The lowest BCUT2D eigenvalue weighted by molar-refractivity contribution is -0.138. The highest BCUT2D eigenvalue weighted by molar-refractivity contribution is 5.75. The molecule has 2 aromatic carbocycles. The number of rotatable bonds is 7. The number of carboxylic acid groups (broad SMARTS) is 1. The second-order valence-corrected chi connectivity index (χ2v) is 6.18. The van der Waals surface area contributed by atoms with Gasteiger partial charge in [-0.3, -0.25) is 4.79 Å². The molecule has 0 bridgehead atoms. The van der Waals surface area contributed by atoms with E-state index in [1.54, 1.807) is 25.1 Å². The van der Waals surface area contributed by atoms with Crippen LogP contribution in [0.3, 0.4) is 0 Å². The number of nitrogens with zero attached hydrogens (tertiary/aromatic N) is 3. The summed E-state index contributed by atoms with van der Waals surface area (Å²) in [7, 11) is 0. The Balaban J connectivity index is 0.000000359. The van der Waals surface area contributed by atoms with Crippen LogP contribution in [0, 0.1) is 5.92 Å². The molecule has 0 aromatic heterocycles. The molecule has 0 aliphatic heterocycles. The number of hydrogen-bond acceptors (Lipinski definition) is 3. The molecule has 0 amide bonds. The van der Waals surface area contributed by atoms with Crippen LogP contribution in [0.15, 0.2) is 59.7 Å². The minimum atomic E-state index is -0.841. The van der Waals surface area contributed by atoms with Crippen molar-refractivity contribution in [3.8, 4) is 11.5 Å². The number of ether oxygens (including phenoxy) is 1. The molecular weight excluding hydrogens is 330 g/mol. The fourth-order valence-electron chi connectivity index (χ4n) is 1.98. The molecule has 0 heterocycles. The molecule has 1 unspecified atom stereocenters. The maximum atomic E-state index is 10.9. The van der Waals surface area contributed by atoms with Crippen LogP contribution in [0.25, 0.3) is 10.4 Å². The second-order valence-electron chi connectivity index (χ2n) is 6.18. The van der Waals surface area contributed by atoms with Gasteiger partial charge in [0, 0.05) is 11.5 Å². The molecule has 138 valence electrons. The van der Waals surface area contributed by atoms with Crippen LogP contribution in [-0.4, -0.2) is 17.6 Å². The molecule has 0 fully saturated rings. The van der Waals surface area contributed by atoms with Crippen molar-refractivity contribution >= 4 is 5.97 Å². The fourth-order valence-corrected chi connectivity index (χ4v) is 1.98. The van der Waals surface area contributed by atoms with Gasteiger partial charge < -0.3 is 9.84 Å². The van der Waals surface area contributed by atoms with E-state index < -0.39 is 11.9 Å². The largest absolute Gasteiger partial charge is 0.481 e. The Bertz CT molecular complexity index is 726. The topological polar surface area (TPSA) is 95.3 Å². The summed E-state index contributed by atoms with van der Waals surface area (Å²) in [5.41, 5.74) is 8.57. The first kappa shape index (κ1) is 21.1. The van der Waals surface area contributed by atoms with Crippen molar-refractivity contribution in [2.45, 2.75) is 33.1 Å². The van der Waals surface area contributed by atoms with Crippen molar-refractivity contribution in [2.75, 3.05) is 6.54 Å². The number of azide groups is 1. The molecule has 6 nitrogen and oxygen atoms in total. The lowest BCUT2D eigenvalue weighted by Crippen LogP contribution is -2.07. The van der Waals surface area contributed by atoms with E-state index in [1.165, 1.54) is 0 Å². The average molecular weight is 355 g/mol. The molecule has 1 N–H and O–H groups in total. The molecule has 0 saturated heterocycles. The lowest BCUT2D eigenvalue weighted by Gasteiger charge is -2.10. The third-order valence-electron chi connectivity index (χ3n) is 3.58. The molecule has 26 heavy (non-hydrogen) atoms. The maximum absolute atomic E-state index is 10.9. The summed E-state index contributed by atoms with van der Waals surface area (Å²) in [5.74, 6) is 0.640. The van der Waals surface area contributed by atoms with Gasteiger partial charge >= 0.3 is 5.97 Å². The van der Waals surface area contributed by atoms with Crippen molar-refractivity contribution in [2.24, 2.45) is 11.0 Å². The molecule has 0 aliphatic rings. The first-order valence-electron chi connectivity index (χ1n) is 8.50. The lowest BCUT2D eigenvalue weighted by atomic mass is 10.0. The Morgan fingerprint density at radius 2 is 1.77 bits per heavy atom. The zero-order valence-electron chi connectivity index (χ0n) is 15.4. The van der Waals surface area contributed by atoms with Gasteiger partial charge in [0.1, 0.15) is 11.5 Å². The molecule has 0 saturated carbocycles. The maximum Gasteiger partial charge on any atom is 0.310 e. The van der Waals surface area contributed by atoms with Gasteiger partial charge in [-0.15, -0.1) is 0 Å². The molecule has 1 atom stereocenters. The van der Waals surface area contributed by atoms with Gasteiger partial charge in [-0.2, -0.15) is 0 Å². The zero-order valence-corrected chi connectivity index (χ0v) is 15.4. The summed E-state index contributed by atoms with van der Waals surface area (Å²) in [6, 6.07) is 16.6. The summed E-state index contributed by atoms with van der Waals surface area (Å²) in [5, 5.41) is 12.4. The summed E-state index contributed by atoms with van der Waals surface area (Å²) in [6.07, 6.45) is 0.990. The van der Waals surface area contributed by atoms with E-state index in [9.17, 15) is 4.79 Å². The van der Waals surface area contributed by atoms with Crippen LogP contribution in [0.1, 0.15) is 38.7 Å². The Morgan fingerprint density at radius 3 is 2.35 bits per heavy atom. The monoisotopic (exact) mass is 355 g/mol. The van der Waals surface area contributed by atoms with Gasteiger partial charge in [0.2, 0.25) is 0 Å². The summed E-state index contributed by atoms with van der Waals surface area (Å²) in [6.45, 7) is 6.50. The Labute approximate surface area is 154 Å². The minimum Gasteiger partial charge on any atom is -0.481 e. The number of carboxylic acids is 1.